The number of hydrogen-bond donors (Lipinski definition) is 1. The number of nitrogens with zero attached hydrogens (tertiary/aromatic N) is 2. The second-order valence-corrected chi connectivity index (χ2v) is 10.5. The van der Waals surface area contributed by atoms with Gasteiger partial charge in [0.15, 0.2) is 0 Å². The summed E-state index contributed by atoms with van der Waals surface area (Å²) in [5.41, 5.74) is 1.19. The number of hydrogen-bond acceptors (Lipinski definition) is 4. The molecule has 7 nitrogen and oxygen atoms in total. The summed E-state index contributed by atoms with van der Waals surface area (Å²) in [5, 5.41) is 5.05. The summed E-state index contributed by atoms with van der Waals surface area (Å²) in [4.78, 5) is 43.1. The van der Waals surface area contributed by atoms with Gasteiger partial charge < -0.3 is 15.0 Å². The molecule has 0 unspecified atom stereocenters. The molecule has 3 aromatic carbocycles. The molecule has 3 amide bonds. The molecule has 0 saturated carbocycles. The average molecular weight is 502 g/mol. The largest absolute Gasteiger partial charge is 0.444 e. The number of piperazine rings is 1. The minimum Gasteiger partial charge on any atom is -0.444 e. The van der Waals surface area contributed by atoms with Crippen LogP contribution >= 0.6 is 0 Å². The zero-order valence-electron chi connectivity index (χ0n) is 21.9. The van der Waals surface area contributed by atoms with E-state index >= 15 is 0 Å². The Hall–Kier alpha value is -3.87. The Bertz CT molecular complexity index is 1270. The SMILES string of the molecule is CN(C(=O)OC(C)(C)C)[C@H](Cc1ccc2ccccc2c1)C(=O)N1CCNC(=O)[C@H]1Cc1ccccc1. The summed E-state index contributed by atoms with van der Waals surface area (Å²) in [5.74, 6) is -0.454. The fourth-order valence-electron chi connectivity index (χ4n) is 4.65. The molecule has 37 heavy (non-hydrogen) atoms. The smallest absolute Gasteiger partial charge is 0.410 e. The molecule has 1 aliphatic rings. The molecule has 3 aromatic rings. The van der Waals surface area contributed by atoms with Crippen molar-refractivity contribution in [2.75, 3.05) is 20.1 Å². The normalized spacial score (nSPS) is 16.7. The van der Waals surface area contributed by atoms with E-state index in [9.17, 15) is 14.4 Å². The number of rotatable bonds is 6. The van der Waals surface area contributed by atoms with Crippen LogP contribution in [0.1, 0.15) is 31.9 Å². The number of ether oxygens (including phenoxy) is 1. The summed E-state index contributed by atoms with van der Waals surface area (Å²) >= 11 is 0. The Kier molecular flexibility index (Phi) is 7.81. The number of fused-ring (bicyclic) bond motifs is 1. The Balaban J connectivity index is 1.65. The third-order valence-electron chi connectivity index (χ3n) is 6.56. The molecule has 1 N–H and O–H groups in total. The van der Waals surface area contributed by atoms with Crippen LogP contribution in [0.2, 0.25) is 0 Å². The van der Waals surface area contributed by atoms with Crippen LogP contribution in [-0.4, -0.2) is 65.5 Å². The summed E-state index contributed by atoms with van der Waals surface area (Å²) < 4.78 is 5.61. The minimum absolute atomic E-state index is 0.187. The highest BCUT2D eigenvalue weighted by Crippen LogP contribution is 2.22. The van der Waals surface area contributed by atoms with E-state index in [1.165, 1.54) is 4.90 Å². The lowest BCUT2D eigenvalue weighted by Crippen LogP contribution is -2.62. The van der Waals surface area contributed by atoms with Gasteiger partial charge in [0.05, 0.1) is 0 Å². The first-order valence-corrected chi connectivity index (χ1v) is 12.7. The third kappa shape index (κ3) is 6.47. The number of benzene rings is 3. The number of carbonyl (C=O) groups excluding carboxylic acids is 3. The second-order valence-electron chi connectivity index (χ2n) is 10.5. The molecule has 1 fully saturated rings. The van der Waals surface area contributed by atoms with E-state index in [1.54, 1.807) is 32.7 Å². The summed E-state index contributed by atoms with van der Waals surface area (Å²) in [6.45, 7) is 6.13. The maximum Gasteiger partial charge on any atom is 0.410 e. The van der Waals surface area contributed by atoms with Gasteiger partial charge in [-0.15, -0.1) is 0 Å². The van der Waals surface area contributed by atoms with Gasteiger partial charge in [0.25, 0.3) is 0 Å². The lowest BCUT2D eigenvalue weighted by atomic mass is 9.97. The molecule has 0 aromatic heterocycles. The Morgan fingerprint density at radius 1 is 1.00 bits per heavy atom. The van der Waals surface area contributed by atoms with Crippen LogP contribution in [0.25, 0.3) is 10.8 Å². The fraction of sp³-hybridized carbons (Fsp3) is 0.367. The van der Waals surface area contributed by atoms with Gasteiger partial charge in [-0.05, 0) is 42.7 Å². The van der Waals surface area contributed by atoms with Crippen molar-refractivity contribution in [1.82, 2.24) is 15.1 Å². The average Bonchev–Trinajstić information content (AvgIpc) is 2.87. The quantitative estimate of drug-likeness (QED) is 0.550. The maximum absolute atomic E-state index is 14.1. The van der Waals surface area contributed by atoms with Crippen molar-refractivity contribution >= 4 is 28.7 Å². The van der Waals surface area contributed by atoms with Crippen molar-refractivity contribution in [2.45, 2.75) is 51.3 Å². The predicted molar refractivity (Wildman–Crippen MR) is 144 cm³/mol. The molecule has 0 bridgehead atoms. The summed E-state index contributed by atoms with van der Waals surface area (Å²) in [6.07, 6.45) is 0.125. The number of carbonyl (C=O) groups is 3. The van der Waals surface area contributed by atoms with Crippen molar-refractivity contribution in [1.29, 1.82) is 0 Å². The lowest BCUT2D eigenvalue weighted by molar-refractivity contribution is -0.146. The van der Waals surface area contributed by atoms with Crippen molar-refractivity contribution < 1.29 is 19.1 Å². The summed E-state index contributed by atoms with van der Waals surface area (Å²) in [7, 11) is 1.59. The standard InChI is InChI=1S/C30H35N3O4/c1-30(2,3)37-29(36)32(4)26(20-22-14-15-23-12-8-9-13-24(23)18-22)28(35)33-17-16-31-27(34)25(33)19-21-10-6-5-7-11-21/h5-15,18,25-26H,16-17,19-20H2,1-4H3,(H,31,34)/t25-,26-/m1/s1. The van der Waals surface area contributed by atoms with Gasteiger partial charge in [-0.25, -0.2) is 4.79 Å². The number of amides is 3. The van der Waals surface area contributed by atoms with Crippen LogP contribution in [0, 0.1) is 0 Å². The van der Waals surface area contributed by atoms with Crippen molar-refractivity contribution in [2.24, 2.45) is 0 Å². The molecule has 4 rings (SSSR count). The molecular weight excluding hydrogens is 466 g/mol. The topological polar surface area (TPSA) is 79.0 Å². The number of likely N-dealkylation sites (N-methyl/N-ethyl adjacent to an activating group) is 1. The molecule has 1 saturated heterocycles. The molecule has 2 atom stereocenters. The van der Waals surface area contributed by atoms with Crippen LogP contribution < -0.4 is 5.32 Å². The van der Waals surface area contributed by atoms with Gasteiger partial charge in [0.2, 0.25) is 11.8 Å². The highest BCUT2D eigenvalue weighted by Gasteiger charge is 2.39. The molecule has 194 valence electrons. The lowest BCUT2D eigenvalue weighted by Gasteiger charge is -2.39. The van der Waals surface area contributed by atoms with Gasteiger partial charge in [0, 0.05) is 33.0 Å². The molecule has 0 spiro atoms. The van der Waals surface area contributed by atoms with Gasteiger partial charge in [0.1, 0.15) is 17.7 Å². The predicted octanol–water partition coefficient (Wildman–Crippen LogP) is 4.19. The van der Waals surface area contributed by atoms with Crippen LogP contribution in [0.5, 0.6) is 0 Å². The summed E-state index contributed by atoms with van der Waals surface area (Å²) in [6, 6.07) is 22.2. The van der Waals surface area contributed by atoms with E-state index in [-0.39, 0.29) is 11.8 Å². The molecule has 0 aliphatic carbocycles. The monoisotopic (exact) mass is 501 g/mol. The van der Waals surface area contributed by atoms with Gasteiger partial charge in [-0.3, -0.25) is 14.5 Å². The van der Waals surface area contributed by atoms with Crippen molar-refractivity contribution in [3.63, 3.8) is 0 Å². The van der Waals surface area contributed by atoms with Crippen LogP contribution in [0.15, 0.2) is 72.8 Å². The molecular formula is C30H35N3O4. The minimum atomic E-state index is -0.833. The zero-order chi connectivity index (χ0) is 26.6. The third-order valence-corrected chi connectivity index (χ3v) is 6.56. The highest BCUT2D eigenvalue weighted by molar-refractivity contribution is 5.93. The Morgan fingerprint density at radius 3 is 2.38 bits per heavy atom. The molecule has 1 aliphatic heterocycles. The Morgan fingerprint density at radius 2 is 1.68 bits per heavy atom. The van der Waals surface area contributed by atoms with Gasteiger partial charge in [-0.1, -0.05) is 72.8 Å². The van der Waals surface area contributed by atoms with E-state index in [2.05, 4.69) is 5.32 Å². The highest BCUT2D eigenvalue weighted by atomic mass is 16.6. The van der Waals surface area contributed by atoms with Crippen LogP contribution in [0.4, 0.5) is 4.79 Å². The first-order valence-electron chi connectivity index (χ1n) is 12.7. The second kappa shape index (κ2) is 11.0. The molecule has 0 radical (unpaired) electrons. The van der Waals surface area contributed by atoms with E-state index < -0.39 is 23.8 Å². The van der Waals surface area contributed by atoms with E-state index in [0.717, 1.165) is 21.9 Å². The Labute approximate surface area is 218 Å². The maximum atomic E-state index is 14.1. The molecule has 1 heterocycles. The van der Waals surface area contributed by atoms with E-state index in [1.807, 2.05) is 72.8 Å². The van der Waals surface area contributed by atoms with Crippen molar-refractivity contribution in [3.05, 3.63) is 83.9 Å². The van der Waals surface area contributed by atoms with Crippen molar-refractivity contribution in [3.8, 4) is 0 Å². The van der Waals surface area contributed by atoms with Crippen LogP contribution in [-0.2, 0) is 27.2 Å². The van der Waals surface area contributed by atoms with E-state index in [4.69, 9.17) is 4.74 Å². The van der Waals surface area contributed by atoms with Gasteiger partial charge >= 0.3 is 6.09 Å². The zero-order valence-corrected chi connectivity index (χ0v) is 21.9. The number of nitrogens with one attached hydrogen (secondary N) is 1. The molecule has 7 heteroatoms. The van der Waals surface area contributed by atoms with Crippen LogP contribution in [0.3, 0.4) is 0 Å². The fourth-order valence-corrected chi connectivity index (χ4v) is 4.65. The van der Waals surface area contributed by atoms with Gasteiger partial charge in [-0.2, -0.15) is 0 Å². The first-order chi connectivity index (χ1) is 17.6. The first kappa shape index (κ1) is 26.2. The van der Waals surface area contributed by atoms with E-state index in [0.29, 0.717) is 25.9 Å².